The smallest absolute Gasteiger partial charge is 0.187 e. The molecule has 2 atom stereocenters. The third-order valence-electron chi connectivity index (χ3n) is 3.78. The Kier molecular flexibility index (Phi) is 4.91. The van der Waals surface area contributed by atoms with Crippen molar-refractivity contribution in [1.29, 1.82) is 0 Å². The summed E-state index contributed by atoms with van der Waals surface area (Å²) in [6.45, 7) is 12.3. The maximum Gasteiger partial charge on any atom is 0.187 e. The molecule has 1 N–H and O–H groups in total. The van der Waals surface area contributed by atoms with E-state index in [1.165, 1.54) is 6.07 Å². The summed E-state index contributed by atoms with van der Waals surface area (Å²) in [6.07, 6.45) is 1.19. The third kappa shape index (κ3) is 5.20. The molecule has 0 amide bonds. The molecule has 21 heavy (non-hydrogen) atoms. The van der Waals surface area contributed by atoms with Crippen LogP contribution < -0.4 is 5.32 Å². The maximum atomic E-state index is 13.3. The van der Waals surface area contributed by atoms with Gasteiger partial charge in [0.2, 0.25) is 0 Å². The molecule has 1 aliphatic heterocycles. The number of nitrogens with one attached hydrogen (secondary N) is 1. The van der Waals surface area contributed by atoms with Gasteiger partial charge in [-0.05, 0) is 48.7 Å². The van der Waals surface area contributed by atoms with Crippen LogP contribution in [0.25, 0.3) is 0 Å². The van der Waals surface area contributed by atoms with Crippen LogP contribution in [0, 0.1) is 11.2 Å². The Labute approximate surface area is 129 Å². The molecule has 1 fully saturated rings. The van der Waals surface area contributed by atoms with Crippen molar-refractivity contribution in [1.82, 2.24) is 5.32 Å². The van der Waals surface area contributed by atoms with Gasteiger partial charge >= 0.3 is 0 Å². The topological polar surface area (TPSA) is 21.3 Å². The highest BCUT2D eigenvalue weighted by molar-refractivity contribution is 6.71. The quantitative estimate of drug-likeness (QED) is 0.827. The van der Waals surface area contributed by atoms with E-state index < -0.39 is 8.32 Å². The Balaban J connectivity index is 1.93. The zero-order valence-electron chi connectivity index (χ0n) is 13.9. The van der Waals surface area contributed by atoms with Crippen molar-refractivity contribution in [3.63, 3.8) is 0 Å². The second kappa shape index (κ2) is 6.19. The first-order valence-electron chi connectivity index (χ1n) is 7.81. The summed E-state index contributed by atoms with van der Waals surface area (Å²) in [5.41, 5.74) is 1.33. The molecule has 1 aliphatic rings. The fraction of sp³-hybridized carbons (Fsp3) is 0.647. The minimum atomic E-state index is -1.66. The van der Waals surface area contributed by atoms with E-state index in [1.807, 2.05) is 6.07 Å². The van der Waals surface area contributed by atoms with Crippen LogP contribution in [0.1, 0.15) is 38.8 Å². The lowest BCUT2D eigenvalue weighted by Crippen LogP contribution is -2.39. The lowest BCUT2D eigenvalue weighted by Gasteiger charge is -2.32. The Morgan fingerprint density at radius 3 is 2.67 bits per heavy atom. The highest BCUT2D eigenvalue weighted by Gasteiger charge is 2.35. The van der Waals surface area contributed by atoms with E-state index in [0.717, 1.165) is 24.6 Å². The van der Waals surface area contributed by atoms with Crippen LogP contribution in [0.2, 0.25) is 19.1 Å². The number of hydrogen-bond donors (Lipinski definition) is 1. The van der Waals surface area contributed by atoms with Gasteiger partial charge < -0.3 is 9.74 Å². The van der Waals surface area contributed by atoms with Gasteiger partial charge in [-0.25, -0.2) is 4.39 Å². The second-order valence-electron chi connectivity index (χ2n) is 7.99. The van der Waals surface area contributed by atoms with E-state index in [0.29, 0.717) is 5.41 Å². The monoisotopic (exact) mass is 309 g/mol. The van der Waals surface area contributed by atoms with Crippen molar-refractivity contribution >= 4 is 8.32 Å². The van der Waals surface area contributed by atoms with E-state index in [-0.39, 0.29) is 18.0 Å². The molecule has 0 radical (unpaired) electrons. The molecule has 2 nitrogen and oxygen atoms in total. The molecule has 0 saturated carbocycles. The van der Waals surface area contributed by atoms with Crippen LogP contribution in [0.15, 0.2) is 24.3 Å². The molecule has 0 bridgehead atoms. The predicted octanol–water partition coefficient (Wildman–Crippen LogP) is 4.50. The summed E-state index contributed by atoms with van der Waals surface area (Å²) in [7, 11) is -1.66. The Hall–Kier alpha value is -0.713. The van der Waals surface area contributed by atoms with E-state index >= 15 is 0 Å². The number of halogens is 1. The summed E-state index contributed by atoms with van der Waals surface area (Å²) in [5.74, 6) is -0.166. The first kappa shape index (κ1) is 16.7. The molecule has 1 saturated heterocycles. The van der Waals surface area contributed by atoms with Gasteiger partial charge in [0.15, 0.2) is 8.32 Å². The van der Waals surface area contributed by atoms with Gasteiger partial charge in [-0.3, -0.25) is 0 Å². The maximum absolute atomic E-state index is 13.3. The molecule has 0 aromatic heterocycles. The lowest BCUT2D eigenvalue weighted by atomic mass is 10.0. The molecule has 2 rings (SSSR count). The average Bonchev–Trinajstić information content (AvgIpc) is 2.73. The van der Waals surface area contributed by atoms with E-state index in [9.17, 15) is 4.39 Å². The van der Waals surface area contributed by atoms with Crippen molar-refractivity contribution in [3.05, 3.63) is 35.6 Å². The number of benzene rings is 1. The number of hydrogen-bond acceptors (Lipinski definition) is 2. The minimum absolute atomic E-state index is 0.166. The summed E-state index contributed by atoms with van der Waals surface area (Å²) in [6, 6.07) is 8.25. The molecule has 4 heteroatoms. The Morgan fingerprint density at radius 1 is 1.33 bits per heavy atom. The van der Waals surface area contributed by atoms with Crippen molar-refractivity contribution in [2.45, 2.75) is 58.5 Å². The molecule has 1 aromatic rings. The van der Waals surface area contributed by atoms with Crippen LogP contribution in [-0.4, -0.2) is 21.0 Å². The zero-order valence-corrected chi connectivity index (χ0v) is 14.9. The first-order valence-corrected chi connectivity index (χ1v) is 10.9. The Morgan fingerprint density at radius 2 is 2.05 bits per heavy atom. The standard InChI is InChI=1S/C17H28FNOSi/c1-17(2,3)12-21(4,5)20-15-10-16(19-11-15)13-7-6-8-14(18)9-13/h6-9,15-16,19H,10-12H2,1-5H3/t15-,16-/m1/s1. The largest absolute Gasteiger partial charge is 0.413 e. The molecule has 0 spiro atoms. The van der Waals surface area contributed by atoms with Gasteiger partial charge in [0.25, 0.3) is 0 Å². The van der Waals surface area contributed by atoms with Crippen LogP contribution in [0.3, 0.4) is 0 Å². The highest BCUT2D eigenvalue weighted by Crippen LogP contribution is 2.32. The van der Waals surface area contributed by atoms with Crippen LogP contribution in [0.4, 0.5) is 4.39 Å². The van der Waals surface area contributed by atoms with Crippen molar-refractivity contribution in [2.24, 2.45) is 5.41 Å². The summed E-state index contributed by atoms with van der Waals surface area (Å²) < 4.78 is 19.8. The van der Waals surface area contributed by atoms with Crippen molar-refractivity contribution < 1.29 is 8.82 Å². The van der Waals surface area contributed by atoms with Gasteiger partial charge in [-0.15, -0.1) is 0 Å². The molecule has 118 valence electrons. The highest BCUT2D eigenvalue weighted by atomic mass is 28.4. The zero-order chi connectivity index (χ0) is 15.7. The molecular formula is C17H28FNOSi. The van der Waals surface area contributed by atoms with Crippen LogP contribution >= 0.6 is 0 Å². The number of rotatable bonds is 4. The Bertz CT molecular complexity index is 484. The first-order chi connectivity index (χ1) is 9.65. The molecule has 1 heterocycles. The van der Waals surface area contributed by atoms with Gasteiger partial charge in [0.1, 0.15) is 5.82 Å². The van der Waals surface area contributed by atoms with Crippen LogP contribution in [0.5, 0.6) is 0 Å². The lowest BCUT2D eigenvalue weighted by molar-refractivity contribution is 0.202. The summed E-state index contributed by atoms with van der Waals surface area (Å²) in [4.78, 5) is 0. The fourth-order valence-corrected chi connectivity index (χ4v) is 7.26. The summed E-state index contributed by atoms with van der Waals surface area (Å²) in [5, 5.41) is 3.47. The van der Waals surface area contributed by atoms with Gasteiger partial charge in [-0.2, -0.15) is 0 Å². The van der Waals surface area contributed by atoms with Crippen molar-refractivity contribution in [3.8, 4) is 0 Å². The van der Waals surface area contributed by atoms with E-state index in [1.54, 1.807) is 12.1 Å². The second-order valence-corrected chi connectivity index (χ2v) is 12.1. The average molecular weight is 310 g/mol. The van der Waals surface area contributed by atoms with Gasteiger partial charge in [0.05, 0.1) is 6.10 Å². The van der Waals surface area contributed by atoms with Gasteiger partial charge in [0, 0.05) is 12.6 Å². The molecular weight excluding hydrogens is 281 g/mol. The summed E-state index contributed by atoms with van der Waals surface area (Å²) >= 11 is 0. The molecule has 1 aromatic carbocycles. The van der Waals surface area contributed by atoms with Gasteiger partial charge in [-0.1, -0.05) is 32.9 Å². The van der Waals surface area contributed by atoms with E-state index in [4.69, 9.17) is 4.43 Å². The van der Waals surface area contributed by atoms with Crippen molar-refractivity contribution in [2.75, 3.05) is 6.54 Å². The predicted molar refractivity (Wildman–Crippen MR) is 88.4 cm³/mol. The molecule has 0 aliphatic carbocycles. The van der Waals surface area contributed by atoms with E-state index in [2.05, 4.69) is 39.2 Å². The SMILES string of the molecule is CC(C)(C)C[Si](C)(C)O[C@H]1CN[C@@H](c2cccc(F)c2)C1. The minimum Gasteiger partial charge on any atom is -0.413 e. The fourth-order valence-electron chi connectivity index (χ4n) is 3.54. The third-order valence-corrected chi connectivity index (χ3v) is 6.67. The molecule has 0 unspecified atom stereocenters. The van der Waals surface area contributed by atoms with Crippen LogP contribution in [-0.2, 0) is 4.43 Å². The normalized spacial score (nSPS) is 23.5.